The topological polar surface area (TPSA) is 9.23 Å². The van der Waals surface area contributed by atoms with Crippen LogP contribution < -0.4 is 0 Å². The normalized spacial score (nSPS) is 19.2. The molecule has 0 radical (unpaired) electrons. The molecular formula is C26H33F3O. The number of rotatable bonds is 9. The number of aryl methyl sites for hydroxylation is 1. The van der Waals surface area contributed by atoms with E-state index in [0.29, 0.717) is 29.7 Å². The first kappa shape index (κ1) is 22.9. The molecule has 0 aromatic heterocycles. The van der Waals surface area contributed by atoms with Crippen molar-refractivity contribution in [1.29, 1.82) is 0 Å². The second-order valence-corrected chi connectivity index (χ2v) is 8.47. The lowest BCUT2D eigenvalue weighted by Gasteiger charge is -2.29. The maximum absolute atomic E-state index is 14.9. The van der Waals surface area contributed by atoms with Crippen LogP contribution in [0.1, 0.15) is 82.3 Å². The maximum Gasteiger partial charge on any atom is 0.166 e. The van der Waals surface area contributed by atoms with Gasteiger partial charge in [0.25, 0.3) is 0 Å². The van der Waals surface area contributed by atoms with Crippen LogP contribution in [0.2, 0.25) is 0 Å². The first-order chi connectivity index (χ1) is 14.5. The Morgan fingerprint density at radius 1 is 0.900 bits per heavy atom. The van der Waals surface area contributed by atoms with Crippen molar-refractivity contribution in [3.63, 3.8) is 0 Å². The first-order valence-electron chi connectivity index (χ1n) is 11.4. The summed E-state index contributed by atoms with van der Waals surface area (Å²) in [7, 11) is 0. The zero-order chi connectivity index (χ0) is 21.5. The van der Waals surface area contributed by atoms with Crippen molar-refractivity contribution in [2.75, 3.05) is 6.61 Å². The summed E-state index contributed by atoms with van der Waals surface area (Å²) in [5.41, 5.74) is 1.47. The fourth-order valence-corrected chi connectivity index (χ4v) is 4.36. The van der Waals surface area contributed by atoms with Crippen molar-refractivity contribution in [3.05, 3.63) is 58.9 Å². The Bertz CT molecular complexity index is 825. The van der Waals surface area contributed by atoms with Crippen molar-refractivity contribution < 1.29 is 17.9 Å². The highest BCUT2D eigenvalue weighted by Crippen LogP contribution is 2.35. The number of unbranched alkanes of at least 4 members (excludes halogenated alkanes) is 3. The summed E-state index contributed by atoms with van der Waals surface area (Å²) in [6, 6.07) is 7.92. The Hall–Kier alpha value is -1.81. The second kappa shape index (κ2) is 11.0. The van der Waals surface area contributed by atoms with Crippen LogP contribution in [-0.2, 0) is 11.2 Å². The third-order valence-electron chi connectivity index (χ3n) is 6.20. The highest BCUT2D eigenvalue weighted by molar-refractivity contribution is 5.65. The van der Waals surface area contributed by atoms with Gasteiger partial charge in [0.05, 0.1) is 12.7 Å². The minimum absolute atomic E-state index is 0.105. The van der Waals surface area contributed by atoms with Crippen molar-refractivity contribution in [3.8, 4) is 11.1 Å². The highest BCUT2D eigenvalue weighted by Gasteiger charge is 2.27. The molecule has 0 amide bonds. The van der Waals surface area contributed by atoms with Crippen molar-refractivity contribution in [1.82, 2.24) is 0 Å². The summed E-state index contributed by atoms with van der Waals surface area (Å²) in [5, 5.41) is 0. The highest BCUT2D eigenvalue weighted by atomic mass is 19.2. The van der Waals surface area contributed by atoms with Crippen molar-refractivity contribution >= 4 is 0 Å². The first-order valence-corrected chi connectivity index (χ1v) is 11.4. The SMILES string of the molecule is CCCCCCc1ccc(-c2ccc(C3CCC(CCC)OC3)c(F)c2F)cc1F. The largest absolute Gasteiger partial charge is 0.378 e. The van der Waals surface area contributed by atoms with Crippen LogP contribution in [0.5, 0.6) is 0 Å². The van der Waals surface area contributed by atoms with E-state index in [2.05, 4.69) is 13.8 Å². The standard InChI is InChI=1S/C26H33F3O/c1-3-5-6-7-9-18-10-11-19(16-24(18)27)22-14-15-23(26(29)25(22)28)20-12-13-21(8-4-2)30-17-20/h10-11,14-16,20-21H,3-9,12-13,17H2,1-2H3. The molecule has 2 unspecified atom stereocenters. The molecule has 1 aliphatic rings. The predicted molar refractivity (Wildman–Crippen MR) is 116 cm³/mol. The van der Waals surface area contributed by atoms with Crippen LogP contribution in [0.25, 0.3) is 11.1 Å². The lowest BCUT2D eigenvalue weighted by atomic mass is 9.88. The van der Waals surface area contributed by atoms with E-state index in [1.54, 1.807) is 24.3 Å². The number of hydrogen-bond donors (Lipinski definition) is 0. The molecule has 2 aromatic rings. The van der Waals surface area contributed by atoms with Crippen molar-refractivity contribution in [2.45, 2.75) is 83.7 Å². The molecule has 2 aromatic carbocycles. The summed E-state index contributed by atoms with van der Waals surface area (Å²) in [6.45, 7) is 4.67. The predicted octanol–water partition coefficient (Wildman–Crippen LogP) is 7.96. The monoisotopic (exact) mass is 418 g/mol. The Balaban J connectivity index is 1.73. The number of hydrogen-bond acceptors (Lipinski definition) is 1. The van der Waals surface area contributed by atoms with E-state index in [-0.39, 0.29) is 23.4 Å². The van der Waals surface area contributed by atoms with Gasteiger partial charge in [0.1, 0.15) is 5.82 Å². The Labute approximate surface area is 178 Å². The second-order valence-electron chi connectivity index (χ2n) is 8.47. The fraction of sp³-hybridized carbons (Fsp3) is 0.538. The van der Waals surface area contributed by atoms with Crippen LogP contribution in [0.4, 0.5) is 13.2 Å². The Morgan fingerprint density at radius 2 is 1.73 bits per heavy atom. The molecule has 0 saturated carbocycles. The van der Waals surface area contributed by atoms with Gasteiger partial charge in [-0.1, -0.05) is 63.8 Å². The molecule has 4 heteroatoms. The van der Waals surface area contributed by atoms with E-state index in [1.807, 2.05) is 0 Å². The molecule has 3 rings (SSSR count). The summed E-state index contributed by atoms with van der Waals surface area (Å²) in [4.78, 5) is 0. The van der Waals surface area contributed by atoms with Gasteiger partial charge in [0.2, 0.25) is 0 Å². The van der Waals surface area contributed by atoms with E-state index in [0.717, 1.165) is 51.4 Å². The molecule has 1 nitrogen and oxygen atoms in total. The van der Waals surface area contributed by atoms with Gasteiger partial charge in [0.15, 0.2) is 11.6 Å². The van der Waals surface area contributed by atoms with Gasteiger partial charge in [0, 0.05) is 11.5 Å². The average Bonchev–Trinajstić information content (AvgIpc) is 2.75. The van der Waals surface area contributed by atoms with Crippen LogP contribution in [0, 0.1) is 17.5 Å². The minimum Gasteiger partial charge on any atom is -0.378 e. The van der Waals surface area contributed by atoms with E-state index in [1.165, 1.54) is 6.07 Å². The lowest BCUT2D eigenvalue weighted by molar-refractivity contribution is -0.00181. The minimum atomic E-state index is -0.904. The number of ether oxygens (including phenoxy) is 1. The number of halogens is 3. The molecule has 0 spiro atoms. The van der Waals surface area contributed by atoms with E-state index < -0.39 is 11.6 Å². The van der Waals surface area contributed by atoms with Gasteiger partial charge >= 0.3 is 0 Å². The van der Waals surface area contributed by atoms with Gasteiger partial charge in [-0.15, -0.1) is 0 Å². The zero-order valence-electron chi connectivity index (χ0n) is 18.2. The maximum atomic E-state index is 14.9. The van der Waals surface area contributed by atoms with Gasteiger partial charge in [-0.25, -0.2) is 13.2 Å². The third kappa shape index (κ3) is 5.46. The Kier molecular flexibility index (Phi) is 8.38. The average molecular weight is 419 g/mol. The Morgan fingerprint density at radius 3 is 2.40 bits per heavy atom. The molecule has 30 heavy (non-hydrogen) atoms. The summed E-state index contributed by atoms with van der Waals surface area (Å²) >= 11 is 0. The molecule has 1 fully saturated rings. The van der Waals surface area contributed by atoms with Gasteiger partial charge in [-0.05, 0) is 54.9 Å². The van der Waals surface area contributed by atoms with Crippen LogP contribution in [-0.4, -0.2) is 12.7 Å². The van der Waals surface area contributed by atoms with Crippen LogP contribution in [0.15, 0.2) is 30.3 Å². The molecule has 1 heterocycles. The molecule has 0 N–H and O–H groups in total. The molecule has 1 saturated heterocycles. The van der Waals surface area contributed by atoms with Crippen molar-refractivity contribution in [2.24, 2.45) is 0 Å². The lowest BCUT2D eigenvalue weighted by Crippen LogP contribution is -2.25. The molecular weight excluding hydrogens is 385 g/mol. The molecule has 164 valence electrons. The van der Waals surface area contributed by atoms with Crippen LogP contribution >= 0.6 is 0 Å². The third-order valence-corrected chi connectivity index (χ3v) is 6.20. The van der Waals surface area contributed by atoms with Crippen LogP contribution in [0.3, 0.4) is 0 Å². The zero-order valence-corrected chi connectivity index (χ0v) is 18.2. The number of benzene rings is 2. The van der Waals surface area contributed by atoms with Gasteiger partial charge in [-0.2, -0.15) is 0 Å². The van der Waals surface area contributed by atoms with Gasteiger partial charge < -0.3 is 4.74 Å². The quantitative estimate of drug-likeness (QED) is 0.375. The summed E-state index contributed by atoms with van der Waals surface area (Å²) in [6.07, 6.45) is 8.89. The molecule has 2 atom stereocenters. The molecule has 0 bridgehead atoms. The van der Waals surface area contributed by atoms with E-state index >= 15 is 0 Å². The molecule has 0 aliphatic carbocycles. The summed E-state index contributed by atoms with van der Waals surface area (Å²) < 4.78 is 50.1. The van der Waals surface area contributed by atoms with E-state index in [9.17, 15) is 13.2 Å². The van der Waals surface area contributed by atoms with Gasteiger partial charge in [-0.3, -0.25) is 0 Å². The smallest absolute Gasteiger partial charge is 0.166 e. The summed E-state index contributed by atoms with van der Waals surface area (Å²) in [5.74, 6) is -2.23. The molecule has 1 aliphatic heterocycles. The van der Waals surface area contributed by atoms with E-state index in [4.69, 9.17) is 4.74 Å². The fourth-order valence-electron chi connectivity index (χ4n) is 4.36.